The summed E-state index contributed by atoms with van der Waals surface area (Å²) in [6.45, 7) is 4.13. The lowest BCUT2D eigenvalue weighted by atomic mass is 10.1. The third kappa shape index (κ3) is 12.1. The first-order chi connectivity index (χ1) is 15.0. The number of nitrogens with zero attached hydrogens (tertiary/aromatic N) is 1. The van der Waals surface area contributed by atoms with E-state index in [4.69, 9.17) is 9.47 Å². The molecule has 1 rings (SSSR count). The van der Waals surface area contributed by atoms with Crippen molar-refractivity contribution >= 4 is 17.6 Å². The van der Waals surface area contributed by atoms with Gasteiger partial charge in [-0.2, -0.15) is 0 Å². The Hall–Kier alpha value is -2.44. The number of esters is 2. The second kappa shape index (κ2) is 16.3. The molecule has 0 aliphatic heterocycles. The molecule has 174 valence electrons. The van der Waals surface area contributed by atoms with Gasteiger partial charge >= 0.3 is 11.9 Å². The first-order valence-corrected chi connectivity index (χ1v) is 11.5. The van der Waals surface area contributed by atoms with Gasteiger partial charge in [0.15, 0.2) is 0 Å². The van der Waals surface area contributed by atoms with E-state index < -0.39 is 10.9 Å². The van der Waals surface area contributed by atoms with Gasteiger partial charge in [-0.3, -0.25) is 19.7 Å². The predicted molar refractivity (Wildman–Crippen MR) is 120 cm³/mol. The fraction of sp³-hybridized carbons (Fsp3) is 0.667. The SMILES string of the molecule is CCCCCCCCCCCOC(=O)CCCC(=O)OCc1cccc(C)c1[N+](=O)[O-]. The third-order valence-electron chi connectivity index (χ3n) is 5.17. The molecule has 0 saturated heterocycles. The van der Waals surface area contributed by atoms with Gasteiger partial charge in [0.1, 0.15) is 6.61 Å². The van der Waals surface area contributed by atoms with Gasteiger partial charge in [-0.25, -0.2) is 0 Å². The maximum Gasteiger partial charge on any atom is 0.306 e. The number of hydrogen-bond acceptors (Lipinski definition) is 6. The van der Waals surface area contributed by atoms with E-state index in [0.29, 0.717) is 24.2 Å². The summed E-state index contributed by atoms with van der Waals surface area (Å²) in [7, 11) is 0. The molecule has 7 heteroatoms. The summed E-state index contributed by atoms with van der Waals surface area (Å²) in [5.74, 6) is -0.788. The molecule has 0 fully saturated rings. The van der Waals surface area contributed by atoms with Gasteiger partial charge in [-0.15, -0.1) is 0 Å². The molecular weight excluding hydrogens is 398 g/mol. The Morgan fingerprint density at radius 2 is 1.45 bits per heavy atom. The molecule has 0 aliphatic carbocycles. The molecule has 0 aromatic heterocycles. The van der Waals surface area contributed by atoms with Gasteiger partial charge in [0.05, 0.1) is 17.1 Å². The second-order valence-corrected chi connectivity index (χ2v) is 7.90. The summed E-state index contributed by atoms with van der Waals surface area (Å²) < 4.78 is 10.3. The summed E-state index contributed by atoms with van der Waals surface area (Å²) in [6.07, 6.45) is 11.5. The number of aryl methyl sites for hydroxylation is 1. The van der Waals surface area contributed by atoms with Crippen molar-refractivity contribution in [3.8, 4) is 0 Å². The van der Waals surface area contributed by atoms with E-state index in [1.54, 1.807) is 25.1 Å². The molecule has 0 N–H and O–H groups in total. The van der Waals surface area contributed by atoms with Gasteiger partial charge in [0.2, 0.25) is 0 Å². The van der Waals surface area contributed by atoms with Crippen LogP contribution in [0.3, 0.4) is 0 Å². The Morgan fingerprint density at radius 1 is 0.871 bits per heavy atom. The quantitative estimate of drug-likeness (QED) is 0.125. The molecule has 0 heterocycles. The van der Waals surface area contributed by atoms with E-state index in [1.165, 1.54) is 44.9 Å². The van der Waals surface area contributed by atoms with Crippen LogP contribution < -0.4 is 0 Å². The number of carbonyl (C=O) groups excluding carboxylic acids is 2. The zero-order valence-electron chi connectivity index (χ0n) is 19.0. The van der Waals surface area contributed by atoms with E-state index in [9.17, 15) is 19.7 Å². The number of carbonyl (C=O) groups is 2. The van der Waals surface area contributed by atoms with E-state index >= 15 is 0 Å². The summed E-state index contributed by atoms with van der Waals surface area (Å²) in [4.78, 5) is 34.3. The standard InChI is InChI=1S/C24H37NO6/c1-3-4-5-6-7-8-9-10-11-18-30-22(26)16-13-17-23(27)31-19-21-15-12-14-20(2)24(21)25(28)29/h12,14-15H,3-11,13,16-19H2,1-2H3. The lowest BCUT2D eigenvalue weighted by molar-refractivity contribution is -0.386. The zero-order valence-corrected chi connectivity index (χ0v) is 19.0. The molecule has 31 heavy (non-hydrogen) atoms. The molecule has 7 nitrogen and oxygen atoms in total. The normalized spacial score (nSPS) is 10.6. The van der Waals surface area contributed by atoms with Crippen LogP contribution in [0.25, 0.3) is 0 Å². The van der Waals surface area contributed by atoms with Crippen molar-refractivity contribution in [2.45, 2.75) is 97.5 Å². The van der Waals surface area contributed by atoms with E-state index in [0.717, 1.165) is 12.8 Å². The van der Waals surface area contributed by atoms with Gasteiger partial charge in [-0.05, 0) is 25.8 Å². The van der Waals surface area contributed by atoms with Crippen molar-refractivity contribution in [3.63, 3.8) is 0 Å². The van der Waals surface area contributed by atoms with Gasteiger partial charge in [0, 0.05) is 18.4 Å². The number of ether oxygens (including phenoxy) is 2. The Morgan fingerprint density at radius 3 is 2.06 bits per heavy atom. The average Bonchev–Trinajstić information content (AvgIpc) is 2.73. The number of rotatable bonds is 17. The minimum atomic E-state index is -0.484. The van der Waals surface area contributed by atoms with Crippen molar-refractivity contribution in [2.75, 3.05) is 6.61 Å². The second-order valence-electron chi connectivity index (χ2n) is 7.90. The highest BCUT2D eigenvalue weighted by molar-refractivity contribution is 5.72. The summed E-state index contributed by atoms with van der Waals surface area (Å²) >= 11 is 0. The molecule has 0 aliphatic rings. The van der Waals surface area contributed by atoms with Crippen molar-refractivity contribution in [1.29, 1.82) is 0 Å². The highest BCUT2D eigenvalue weighted by Crippen LogP contribution is 2.23. The molecule has 0 atom stereocenters. The van der Waals surface area contributed by atoms with Gasteiger partial charge in [-0.1, -0.05) is 70.4 Å². The van der Waals surface area contributed by atoms with Crippen LogP contribution in [0.2, 0.25) is 0 Å². The van der Waals surface area contributed by atoms with E-state index in [2.05, 4.69) is 6.92 Å². The first kappa shape index (κ1) is 26.6. The van der Waals surface area contributed by atoms with Gasteiger partial charge < -0.3 is 9.47 Å². The van der Waals surface area contributed by atoms with Crippen LogP contribution in [0.5, 0.6) is 0 Å². The molecule has 0 spiro atoms. The molecule has 1 aromatic rings. The van der Waals surface area contributed by atoms with Crippen LogP contribution >= 0.6 is 0 Å². The predicted octanol–water partition coefficient (Wildman–Crippen LogP) is 6.19. The van der Waals surface area contributed by atoms with E-state index in [1.807, 2.05) is 0 Å². The monoisotopic (exact) mass is 435 g/mol. The first-order valence-electron chi connectivity index (χ1n) is 11.5. The minimum Gasteiger partial charge on any atom is -0.466 e. The average molecular weight is 436 g/mol. The van der Waals surface area contributed by atoms with Crippen LogP contribution in [-0.2, 0) is 25.7 Å². The summed E-state index contributed by atoms with van der Waals surface area (Å²) in [6, 6.07) is 4.90. The molecule has 0 saturated carbocycles. The van der Waals surface area contributed by atoms with Crippen molar-refractivity contribution in [3.05, 3.63) is 39.4 Å². The maximum atomic E-state index is 11.9. The molecular formula is C24H37NO6. The van der Waals surface area contributed by atoms with Gasteiger partial charge in [0.25, 0.3) is 5.69 Å². The fourth-order valence-corrected chi connectivity index (χ4v) is 3.38. The maximum absolute atomic E-state index is 11.9. The van der Waals surface area contributed by atoms with Crippen molar-refractivity contribution in [2.24, 2.45) is 0 Å². The van der Waals surface area contributed by atoms with E-state index in [-0.39, 0.29) is 31.1 Å². The topological polar surface area (TPSA) is 95.7 Å². The smallest absolute Gasteiger partial charge is 0.306 e. The van der Waals surface area contributed by atoms with Crippen LogP contribution in [-0.4, -0.2) is 23.5 Å². The number of nitro groups is 1. The lowest BCUT2D eigenvalue weighted by Crippen LogP contribution is -2.09. The number of nitro benzene ring substituents is 1. The number of benzene rings is 1. The van der Waals surface area contributed by atoms with Crippen molar-refractivity contribution in [1.82, 2.24) is 0 Å². The Balaban J connectivity index is 2.08. The van der Waals surface area contributed by atoms with Crippen LogP contribution in [0, 0.1) is 17.0 Å². The van der Waals surface area contributed by atoms with Crippen molar-refractivity contribution < 1.29 is 24.0 Å². The summed E-state index contributed by atoms with van der Waals surface area (Å²) in [5.41, 5.74) is 0.849. The van der Waals surface area contributed by atoms with Crippen LogP contribution in [0.15, 0.2) is 18.2 Å². The highest BCUT2D eigenvalue weighted by Gasteiger charge is 2.18. The third-order valence-corrected chi connectivity index (χ3v) is 5.17. The molecule has 1 aromatic carbocycles. The minimum absolute atomic E-state index is 0.0321. The number of unbranched alkanes of at least 4 members (excludes halogenated alkanes) is 8. The Bertz CT molecular complexity index is 689. The highest BCUT2D eigenvalue weighted by atomic mass is 16.6. The van der Waals surface area contributed by atoms with Crippen LogP contribution in [0.4, 0.5) is 5.69 Å². The lowest BCUT2D eigenvalue weighted by Gasteiger charge is -2.07. The summed E-state index contributed by atoms with van der Waals surface area (Å²) in [5, 5.41) is 11.2. The molecule has 0 radical (unpaired) electrons. The molecule has 0 bridgehead atoms. The number of para-hydroxylation sites is 1. The molecule has 0 amide bonds. The molecule has 0 unspecified atom stereocenters. The Kier molecular flexibility index (Phi) is 14.0. The number of hydrogen-bond donors (Lipinski definition) is 0. The van der Waals surface area contributed by atoms with Crippen LogP contribution in [0.1, 0.15) is 95.1 Å². The zero-order chi connectivity index (χ0) is 22.9. The fourth-order valence-electron chi connectivity index (χ4n) is 3.38. The largest absolute Gasteiger partial charge is 0.466 e. The Labute approximate surface area is 185 Å².